The average Bonchev–Trinajstić information content (AvgIpc) is 3.12. The van der Waals surface area contributed by atoms with Gasteiger partial charge in [0.2, 0.25) is 0 Å². The van der Waals surface area contributed by atoms with Crippen molar-refractivity contribution in [3.05, 3.63) is 47.0 Å². The summed E-state index contributed by atoms with van der Waals surface area (Å²) < 4.78 is 7.48. The molecule has 0 saturated carbocycles. The van der Waals surface area contributed by atoms with Gasteiger partial charge in [-0.3, -0.25) is 0 Å². The Balaban J connectivity index is 1.83. The quantitative estimate of drug-likeness (QED) is 0.917. The van der Waals surface area contributed by atoms with Crippen LogP contribution in [0.1, 0.15) is 48.4 Å². The Labute approximate surface area is 125 Å². The Bertz CT molecular complexity index is 620. The zero-order valence-corrected chi connectivity index (χ0v) is 12.8. The zero-order valence-electron chi connectivity index (χ0n) is 12.8. The Hall–Kier alpha value is -1.72. The van der Waals surface area contributed by atoms with Crippen molar-refractivity contribution in [3.63, 3.8) is 0 Å². The van der Waals surface area contributed by atoms with Crippen LogP contribution in [0.3, 0.4) is 0 Å². The molecule has 5 nitrogen and oxygen atoms in total. The lowest BCUT2D eigenvalue weighted by molar-refractivity contribution is 0.134. The van der Waals surface area contributed by atoms with E-state index in [2.05, 4.69) is 47.4 Å². The molecule has 0 spiro atoms. The molecule has 1 aromatic heterocycles. The van der Waals surface area contributed by atoms with Crippen LogP contribution in [0, 0.1) is 0 Å². The number of hydrogen-bond acceptors (Lipinski definition) is 4. The van der Waals surface area contributed by atoms with E-state index in [1.54, 1.807) is 6.33 Å². The maximum atomic E-state index is 5.49. The van der Waals surface area contributed by atoms with Crippen molar-refractivity contribution in [1.82, 2.24) is 20.1 Å². The standard InChI is InChI=1S/C16H22N4O/c1-11(2)20-16(18-10-19-20)7-15(17-3)12-4-5-13-8-21-9-14(13)6-12/h4-6,10-11,15,17H,7-9H2,1-3H3. The van der Waals surface area contributed by atoms with Crippen LogP contribution in [0.2, 0.25) is 0 Å². The lowest BCUT2D eigenvalue weighted by atomic mass is 9.99. The summed E-state index contributed by atoms with van der Waals surface area (Å²) in [5, 5.41) is 7.70. The first-order chi connectivity index (χ1) is 10.2. The molecular formula is C16H22N4O. The number of nitrogens with zero attached hydrogens (tertiary/aromatic N) is 3. The summed E-state index contributed by atoms with van der Waals surface area (Å²) in [6.07, 6.45) is 2.47. The average molecular weight is 286 g/mol. The molecule has 2 heterocycles. The van der Waals surface area contributed by atoms with Gasteiger partial charge in [-0.1, -0.05) is 18.2 Å². The molecule has 3 rings (SSSR count). The molecule has 1 unspecified atom stereocenters. The Morgan fingerprint density at radius 2 is 2.10 bits per heavy atom. The zero-order chi connectivity index (χ0) is 14.8. The highest BCUT2D eigenvalue weighted by atomic mass is 16.5. The number of benzene rings is 1. The second-order valence-electron chi connectivity index (χ2n) is 5.78. The van der Waals surface area contributed by atoms with Crippen LogP contribution in [0.5, 0.6) is 0 Å². The molecule has 1 aliphatic heterocycles. The second kappa shape index (κ2) is 5.95. The van der Waals surface area contributed by atoms with E-state index in [4.69, 9.17) is 4.74 Å². The van der Waals surface area contributed by atoms with Gasteiger partial charge in [-0.2, -0.15) is 5.10 Å². The van der Waals surface area contributed by atoms with Gasteiger partial charge in [-0.15, -0.1) is 0 Å². The highest BCUT2D eigenvalue weighted by Gasteiger charge is 2.18. The van der Waals surface area contributed by atoms with Gasteiger partial charge in [0.05, 0.1) is 13.2 Å². The lowest BCUT2D eigenvalue weighted by Crippen LogP contribution is -2.22. The van der Waals surface area contributed by atoms with Gasteiger partial charge < -0.3 is 10.1 Å². The van der Waals surface area contributed by atoms with Gasteiger partial charge in [0.15, 0.2) is 0 Å². The number of rotatable bonds is 5. The van der Waals surface area contributed by atoms with Gasteiger partial charge >= 0.3 is 0 Å². The minimum Gasteiger partial charge on any atom is -0.372 e. The van der Waals surface area contributed by atoms with E-state index in [0.29, 0.717) is 6.04 Å². The summed E-state index contributed by atoms with van der Waals surface area (Å²) in [5.74, 6) is 1.01. The van der Waals surface area contributed by atoms with Crippen LogP contribution in [-0.2, 0) is 24.4 Å². The molecule has 0 amide bonds. The fourth-order valence-corrected chi connectivity index (χ4v) is 2.83. The van der Waals surface area contributed by atoms with Crippen molar-refractivity contribution >= 4 is 0 Å². The maximum Gasteiger partial charge on any atom is 0.138 e. The van der Waals surface area contributed by atoms with E-state index >= 15 is 0 Å². The summed E-state index contributed by atoms with van der Waals surface area (Å²) in [6.45, 7) is 5.71. The number of aromatic nitrogens is 3. The Morgan fingerprint density at radius 3 is 2.86 bits per heavy atom. The SMILES string of the molecule is CNC(Cc1ncnn1C(C)C)c1ccc2c(c1)COC2. The van der Waals surface area contributed by atoms with E-state index in [1.807, 2.05) is 11.7 Å². The molecule has 0 fully saturated rings. The fraction of sp³-hybridized carbons (Fsp3) is 0.500. The number of nitrogens with one attached hydrogen (secondary N) is 1. The van der Waals surface area contributed by atoms with E-state index in [-0.39, 0.29) is 6.04 Å². The number of hydrogen-bond donors (Lipinski definition) is 1. The van der Waals surface area contributed by atoms with Crippen molar-refractivity contribution in [1.29, 1.82) is 0 Å². The molecule has 1 aliphatic rings. The van der Waals surface area contributed by atoms with Gasteiger partial charge in [0.25, 0.3) is 0 Å². The predicted molar refractivity (Wildman–Crippen MR) is 80.8 cm³/mol. The van der Waals surface area contributed by atoms with Gasteiger partial charge in [-0.25, -0.2) is 9.67 Å². The van der Waals surface area contributed by atoms with E-state index in [1.165, 1.54) is 16.7 Å². The van der Waals surface area contributed by atoms with E-state index < -0.39 is 0 Å². The predicted octanol–water partition coefficient (Wildman–Crippen LogP) is 2.39. The van der Waals surface area contributed by atoms with Crippen molar-refractivity contribution in [2.75, 3.05) is 7.05 Å². The largest absolute Gasteiger partial charge is 0.372 e. The molecule has 0 bridgehead atoms. The van der Waals surface area contributed by atoms with Crippen LogP contribution in [0.4, 0.5) is 0 Å². The van der Waals surface area contributed by atoms with Crippen molar-refractivity contribution < 1.29 is 4.74 Å². The summed E-state index contributed by atoms with van der Waals surface area (Å²) in [4.78, 5) is 4.41. The number of ether oxygens (including phenoxy) is 1. The first-order valence-electron chi connectivity index (χ1n) is 7.44. The van der Waals surface area contributed by atoms with Gasteiger partial charge in [0.1, 0.15) is 12.2 Å². The normalized spacial score (nSPS) is 15.4. The first-order valence-corrected chi connectivity index (χ1v) is 7.44. The third-order valence-electron chi connectivity index (χ3n) is 4.02. The van der Waals surface area contributed by atoms with Crippen LogP contribution < -0.4 is 5.32 Å². The molecule has 21 heavy (non-hydrogen) atoms. The summed E-state index contributed by atoms with van der Waals surface area (Å²) in [5.41, 5.74) is 3.89. The summed E-state index contributed by atoms with van der Waals surface area (Å²) in [6, 6.07) is 7.17. The third-order valence-corrected chi connectivity index (χ3v) is 4.02. The summed E-state index contributed by atoms with van der Waals surface area (Å²) in [7, 11) is 1.99. The topological polar surface area (TPSA) is 52.0 Å². The number of likely N-dealkylation sites (N-methyl/N-ethyl adjacent to an activating group) is 1. The van der Waals surface area contributed by atoms with Crippen LogP contribution >= 0.6 is 0 Å². The monoisotopic (exact) mass is 286 g/mol. The molecular weight excluding hydrogens is 264 g/mol. The molecule has 0 saturated heterocycles. The van der Waals surface area contributed by atoms with Crippen molar-refractivity contribution in [2.24, 2.45) is 0 Å². The molecule has 0 radical (unpaired) electrons. The van der Waals surface area contributed by atoms with E-state index in [9.17, 15) is 0 Å². The van der Waals surface area contributed by atoms with Gasteiger partial charge in [0, 0.05) is 18.5 Å². The molecule has 1 atom stereocenters. The molecule has 2 aromatic rings. The third kappa shape index (κ3) is 2.84. The fourth-order valence-electron chi connectivity index (χ4n) is 2.83. The van der Waals surface area contributed by atoms with Crippen LogP contribution in [0.15, 0.2) is 24.5 Å². The molecule has 0 aliphatic carbocycles. The van der Waals surface area contributed by atoms with E-state index in [0.717, 1.165) is 25.5 Å². The first kappa shape index (κ1) is 14.2. The molecule has 1 N–H and O–H groups in total. The highest BCUT2D eigenvalue weighted by Crippen LogP contribution is 2.25. The smallest absolute Gasteiger partial charge is 0.138 e. The number of fused-ring (bicyclic) bond motifs is 1. The second-order valence-corrected chi connectivity index (χ2v) is 5.78. The lowest BCUT2D eigenvalue weighted by Gasteiger charge is -2.18. The molecule has 112 valence electrons. The van der Waals surface area contributed by atoms with Crippen molar-refractivity contribution in [2.45, 2.75) is 45.6 Å². The molecule has 1 aromatic carbocycles. The minimum absolute atomic E-state index is 0.234. The van der Waals surface area contributed by atoms with Crippen molar-refractivity contribution in [3.8, 4) is 0 Å². The minimum atomic E-state index is 0.234. The van der Waals surface area contributed by atoms with Gasteiger partial charge in [-0.05, 0) is 37.6 Å². The van der Waals surface area contributed by atoms with Crippen LogP contribution in [0.25, 0.3) is 0 Å². The Morgan fingerprint density at radius 1 is 1.29 bits per heavy atom. The maximum absolute atomic E-state index is 5.49. The highest BCUT2D eigenvalue weighted by molar-refractivity contribution is 5.35. The van der Waals surface area contributed by atoms with Crippen LogP contribution in [-0.4, -0.2) is 21.8 Å². The Kier molecular flexibility index (Phi) is 4.03. The molecule has 5 heteroatoms. The summed E-state index contributed by atoms with van der Waals surface area (Å²) >= 11 is 0.